The minimum absolute atomic E-state index is 0.0134. The number of carboxylic acids is 1. The summed E-state index contributed by atoms with van der Waals surface area (Å²) in [5, 5.41) is 13.1. The molecule has 0 aliphatic heterocycles. The number of thiophene rings is 1. The number of carboxylic acid groups (broad SMARTS) is 1. The van der Waals surface area contributed by atoms with Crippen molar-refractivity contribution in [3.05, 3.63) is 76.5 Å². The summed E-state index contributed by atoms with van der Waals surface area (Å²) in [6, 6.07) is 15.8. The molecule has 9 heteroatoms. The summed E-state index contributed by atoms with van der Waals surface area (Å²) in [7, 11) is -2.39. The van der Waals surface area contributed by atoms with Gasteiger partial charge in [-0.3, -0.25) is 9.10 Å². The van der Waals surface area contributed by atoms with Crippen molar-refractivity contribution in [2.75, 3.05) is 16.7 Å². The van der Waals surface area contributed by atoms with Gasteiger partial charge >= 0.3 is 5.97 Å². The monoisotopic (exact) mass is 416 g/mol. The van der Waals surface area contributed by atoms with E-state index in [0.29, 0.717) is 5.69 Å². The van der Waals surface area contributed by atoms with Crippen molar-refractivity contribution in [2.45, 2.75) is 4.90 Å². The van der Waals surface area contributed by atoms with Gasteiger partial charge in [-0.25, -0.2) is 13.2 Å². The Morgan fingerprint density at radius 2 is 1.68 bits per heavy atom. The van der Waals surface area contributed by atoms with Crippen LogP contribution in [0.2, 0.25) is 0 Å². The van der Waals surface area contributed by atoms with Crippen molar-refractivity contribution in [3.63, 3.8) is 0 Å². The number of aromatic carboxylic acids is 1. The number of para-hydroxylation sites is 2. The van der Waals surface area contributed by atoms with E-state index in [1.807, 2.05) is 0 Å². The number of hydrogen-bond donors (Lipinski definition) is 2. The van der Waals surface area contributed by atoms with Gasteiger partial charge in [-0.15, -0.1) is 11.3 Å². The minimum atomic E-state index is -3.83. The van der Waals surface area contributed by atoms with Gasteiger partial charge in [0.15, 0.2) is 0 Å². The van der Waals surface area contributed by atoms with E-state index in [4.69, 9.17) is 0 Å². The summed E-state index contributed by atoms with van der Waals surface area (Å²) < 4.78 is 26.7. The third-order valence-electron chi connectivity index (χ3n) is 3.98. The van der Waals surface area contributed by atoms with Crippen molar-refractivity contribution in [1.29, 1.82) is 0 Å². The molecule has 0 aliphatic carbocycles. The molecular formula is C19H16N2O5S2. The van der Waals surface area contributed by atoms with E-state index in [0.717, 1.165) is 15.6 Å². The van der Waals surface area contributed by atoms with Crippen molar-refractivity contribution in [1.82, 2.24) is 0 Å². The highest BCUT2D eigenvalue weighted by molar-refractivity contribution is 7.93. The third-order valence-corrected chi connectivity index (χ3v) is 6.82. The zero-order valence-corrected chi connectivity index (χ0v) is 16.3. The molecule has 0 saturated carbocycles. The van der Waals surface area contributed by atoms with Crippen LogP contribution in [0.1, 0.15) is 20.0 Å². The van der Waals surface area contributed by atoms with Crippen LogP contribution in [0.15, 0.2) is 70.9 Å². The van der Waals surface area contributed by atoms with E-state index in [2.05, 4.69) is 5.32 Å². The lowest BCUT2D eigenvalue weighted by Crippen LogP contribution is -2.26. The highest BCUT2D eigenvalue weighted by Gasteiger charge is 2.24. The van der Waals surface area contributed by atoms with Crippen LogP contribution in [0.3, 0.4) is 0 Å². The van der Waals surface area contributed by atoms with E-state index >= 15 is 0 Å². The largest absolute Gasteiger partial charge is 0.478 e. The van der Waals surface area contributed by atoms with Gasteiger partial charge in [-0.2, -0.15) is 0 Å². The van der Waals surface area contributed by atoms with Gasteiger partial charge in [0.25, 0.3) is 15.9 Å². The van der Waals surface area contributed by atoms with Crippen molar-refractivity contribution in [3.8, 4) is 0 Å². The van der Waals surface area contributed by atoms with E-state index < -0.39 is 21.9 Å². The molecule has 7 nitrogen and oxygen atoms in total. The molecule has 2 aromatic carbocycles. The quantitative estimate of drug-likeness (QED) is 0.640. The molecule has 144 valence electrons. The number of nitrogens with one attached hydrogen (secondary N) is 1. The van der Waals surface area contributed by atoms with Crippen LogP contribution in [0.5, 0.6) is 0 Å². The molecule has 0 saturated heterocycles. The summed E-state index contributed by atoms with van der Waals surface area (Å²) in [5.41, 5.74) is 0.582. The van der Waals surface area contributed by atoms with E-state index in [9.17, 15) is 23.1 Å². The molecule has 1 aromatic heterocycles. The summed E-state index contributed by atoms with van der Waals surface area (Å²) in [6.45, 7) is 0. The van der Waals surface area contributed by atoms with Crippen LogP contribution in [0, 0.1) is 0 Å². The molecular weight excluding hydrogens is 400 g/mol. The van der Waals surface area contributed by atoms with E-state index in [-0.39, 0.29) is 21.0 Å². The SMILES string of the molecule is CN(c1ccccc1)S(=O)(=O)c1csc(C(=O)Nc2ccccc2C(=O)O)c1. The summed E-state index contributed by atoms with van der Waals surface area (Å²) >= 11 is 0.965. The average Bonchev–Trinajstić information content (AvgIpc) is 3.19. The average molecular weight is 416 g/mol. The highest BCUT2D eigenvalue weighted by Crippen LogP contribution is 2.26. The van der Waals surface area contributed by atoms with Gasteiger partial charge in [-0.1, -0.05) is 30.3 Å². The van der Waals surface area contributed by atoms with Gasteiger partial charge < -0.3 is 10.4 Å². The Bertz CT molecular complexity index is 1120. The molecule has 0 unspecified atom stereocenters. The maximum atomic E-state index is 12.8. The van der Waals surface area contributed by atoms with E-state index in [1.54, 1.807) is 42.5 Å². The number of carbonyl (C=O) groups is 2. The Labute approximate surface area is 165 Å². The number of rotatable bonds is 6. The number of carbonyl (C=O) groups excluding carboxylic acids is 1. The molecule has 0 atom stereocenters. The summed E-state index contributed by atoms with van der Waals surface area (Å²) in [4.78, 5) is 23.9. The first-order valence-corrected chi connectivity index (χ1v) is 10.4. The molecule has 1 heterocycles. The fourth-order valence-electron chi connectivity index (χ4n) is 2.47. The summed E-state index contributed by atoms with van der Waals surface area (Å²) in [6.07, 6.45) is 0. The van der Waals surface area contributed by atoms with Crippen LogP contribution < -0.4 is 9.62 Å². The second-order valence-corrected chi connectivity index (χ2v) is 8.64. The highest BCUT2D eigenvalue weighted by atomic mass is 32.2. The molecule has 0 bridgehead atoms. The number of nitrogens with zero attached hydrogens (tertiary/aromatic N) is 1. The van der Waals surface area contributed by atoms with Gasteiger partial charge in [0, 0.05) is 12.4 Å². The first kappa shape index (κ1) is 19.6. The predicted octanol–water partition coefficient (Wildman–Crippen LogP) is 3.52. The zero-order chi connectivity index (χ0) is 20.3. The number of amides is 1. The maximum absolute atomic E-state index is 12.8. The fraction of sp³-hybridized carbons (Fsp3) is 0.0526. The zero-order valence-electron chi connectivity index (χ0n) is 14.7. The second-order valence-electron chi connectivity index (χ2n) is 5.76. The van der Waals surface area contributed by atoms with Crippen molar-refractivity contribution >= 4 is 44.6 Å². The van der Waals surface area contributed by atoms with E-state index in [1.165, 1.54) is 30.6 Å². The number of anilines is 2. The third kappa shape index (κ3) is 3.90. The van der Waals surface area contributed by atoms with Gasteiger partial charge in [0.1, 0.15) is 0 Å². The predicted molar refractivity (Wildman–Crippen MR) is 108 cm³/mol. The molecule has 1 amide bonds. The van der Waals surface area contributed by atoms with Crippen LogP contribution in [-0.4, -0.2) is 32.4 Å². The molecule has 3 rings (SSSR count). The Morgan fingerprint density at radius 1 is 1.04 bits per heavy atom. The lowest BCUT2D eigenvalue weighted by Gasteiger charge is -2.18. The molecule has 0 aliphatic rings. The first-order valence-electron chi connectivity index (χ1n) is 8.07. The smallest absolute Gasteiger partial charge is 0.337 e. The molecule has 2 N–H and O–H groups in total. The number of benzene rings is 2. The minimum Gasteiger partial charge on any atom is -0.478 e. The number of sulfonamides is 1. The fourth-order valence-corrected chi connectivity index (χ4v) is 4.82. The summed E-state index contributed by atoms with van der Waals surface area (Å²) in [5.74, 6) is -1.75. The Hall–Kier alpha value is -3.17. The maximum Gasteiger partial charge on any atom is 0.337 e. The first-order chi connectivity index (χ1) is 13.3. The van der Waals surface area contributed by atoms with Gasteiger partial charge in [0.2, 0.25) is 0 Å². The van der Waals surface area contributed by atoms with Crippen molar-refractivity contribution < 1.29 is 23.1 Å². The molecule has 0 spiro atoms. The van der Waals surface area contributed by atoms with Crippen LogP contribution in [-0.2, 0) is 10.0 Å². The van der Waals surface area contributed by atoms with Gasteiger partial charge in [0.05, 0.1) is 26.7 Å². The van der Waals surface area contributed by atoms with Crippen molar-refractivity contribution in [2.24, 2.45) is 0 Å². The van der Waals surface area contributed by atoms with Crippen LogP contribution in [0.25, 0.3) is 0 Å². The Balaban J connectivity index is 1.84. The molecule has 0 radical (unpaired) electrons. The lowest BCUT2D eigenvalue weighted by atomic mass is 10.2. The molecule has 3 aromatic rings. The second kappa shape index (κ2) is 7.83. The molecule has 0 fully saturated rings. The van der Waals surface area contributed by atoms with Gasteiger partial charge in [-0.05, 0) is 30.3 Å². The number of hydrogen-bond acceptors (Lipinski definition) is 5. The Morgan fingerprint density at radius 3 is 2.36 bits per heavy atom. The lowest BCUT2D eigenvalue weighted by molar-refractivity contribution is 0.0698. The van der Waals surface area contributed by atoms with Crippen LogP contribution in [0.4, 0.5) is 11.4 Å². The van der Waals surface area contributed by atoms with Crippen LogP contribution >= 0.6 is 11.3 Å². The molecule has 28 heavy (non-hydrogen) atoms. The Kier molecular flexibility index (Phi) is 5.48. The topological polar surface area (TPSA) is 104 Å². The normalized spacial score (nSPS) is 11.0. The standard InChI is InChI=1S/C19H16N2O5S2/c1-21(13-7-3-2-4-8-13)28(25,26)14-11-17(27-12-14)18(22)20-16-10-6-5-9-15(16)19(23)24/h2-12H,1H3,(H,20,22)(H,23,24).